The average molecular weight is 626 g/mol. The number of ether oxygens (including phenoxy) is 3. The maximum absolute atomic E-state index is 12.9. The Hall–Kier alpha value is -3.13. The second kappa shape index (κ2) is 12.2. The largest absolute Gasteiger partial charge is 0.490 e. The van der Waals surface area contributed by atoms with Crippen molar-refractivity contribution in [1.29, 1.82) is 0 Å². The molecule has 0 aliphatic carbocycles. The Morgan fingerprint density at radius 2 is 1.94 bits per heavy atom. The number of hydrogen-bond donors (Lipinski definition) is 0. The minimum Gasteiger partial charge on any atom is -0.490 e. The first kappa shape index (κ1) is 27.5. The number of non-ortho nitro benzene ring substituents is 1. The molecule has 0 spiro atoms. The van der Waals surface area contributed by atoms with Gasteiger partial charge in [-0.3, -0.25) is 24.6 Å². The summed E-state index contributed by atoms with van der Waals surface area (Å²) in [6.45, 7) is 5.48. The number of nitrogens with zero attached hydrogens (tertiary/aromatic N) is 2. The van der Waals surface area contributed by atoms with Crippen molar-refractivity contribution in [3.8, 4) is 11.5 Å². The zero-order valence-electron chi connectivity index (χ0n) is 19.7. The Kier molecular flexibility index (Phi) is 9.31. The molecule has 2 amide bonds. The van der Waals surface area contributed by atoms with Gasteiger partial charge in [-0.25, -0.2) is 4.79 Å². The van der Waals surface area contributed by atoms with Crippen molar-refractivity contribution in [2.75, 3.05) is 13.2 Å². The highest BCUT2D eigenvalue weighted by Crippen LogP contribution is 2.38. The van der Waals surface area contributed by atoms with Crippen molar-refractivity contribution in [2.24, 2.45) is 0 Å². The van der Waals surface area contributed by atoms with Crippen LogP contribution < -0.4 is 9.47 Å². The topological polar surface area (TPSA) is 125 Å². The van der Waals surface area contributed by atoms with Gasteiger partial charge in [0.05, 0.1) is 26.6 Å². The lowest BCUT2D eigenvalue weighted by atomic mass is 10.1. The van der Waals surface area contributed by atoms with Crippen LogP contribution in [-0.4, -0.2) is 46.2 Å². The number of carbonyl (C=O) groups excluding carboxylic acids is 3. The fraction of sp³-hybridized carbons (Fsp3) is 0.292. The Bertz CT molecular complexity index is 1230. The van der Waals surface area contributed by atoms with Gasteiger partial charge in [-0.05, 0) is 84.5 Å². The lowest BCUT2D eigenvalue weighted by Gasteiger charge is -2.19. The van der Waals surface area contributed by atoms with Crippen molar-refractivity contribution in [3.05, 3.63) is 66.1 Å². The third-order valence-corrected chi connectivity index (χ3v) is 6.66. The van der Waals surface area contributed by atoms with Gasteiger partial charge < -0.3 is 14.2 Å². The molecular formula is C24H23IN2O8S. The summed E-state index contributed by atoms with van der Waals surface area (Å²) in [5.74, 6) is -0.366. The predicted molar refractivity (Wildman–Crippen MR) is 142 cm³/mol. The van der Waals surface area contributed by atoms with Crippen LogP contribution in [0.25, 0.3) is 6.08 Å². The molecule has 0 radical (unpaired) electrons. The molecule has 190 valence electrons. The predicted octanol–water partition coefficient (Wildman–Crippen LogP) is 5.17. The molecule has 0 bridgehead atoms. The number of hydrogen-bond acceptors (Lipinski definition) is 9. The molecule has 2 aromatic carbocycles. The normalized spacial score (nSPS) is 15.2. The molecule has 0 aromatic heterocycles. The fourth-order valence-electron chi connectivity index (χ4n) is 3.32. The number of esters is 1. The van der Waals surface area contributed by atoms with Gasteiger partial charge in [0.1, 0.15) is 12.6 Å². The van der Waals surface area contributed by atoms with Gasteiger partial charge in [-0.1, -0.05) is 12.1 Å². The number of thioether (sulfide) groups is 1. The summed E-state index contributed by atoms with van der Waals surface area (Å²) in [7, 11) is 0. The van der Waals surface area contributed by atoms with Gasteiger partial charge in [0.25, 0.3) is 16.8 Å². The molecule has 1 aliphatic heterocycles. The van der Waals surface area contributed by atoms with E-state index in [1.165, 1.54) is 19.1 Å². The Morgan fingerprint density at radius 3 is 2.61 bits per heavy atom. The zero-order valence-corrected chi connectivity index (χ0v) is 22.7. The number of amides is 2. The first-order valence-electron chi connectivity index (χ1n) is 10.9. The molecule has 12 heteroatoms. The van der Waals surface area contributed by atoms with E-state index < -0.39 is 28.1 Å². The summed E-state index contributed by atoms with van der Waals surface area (Å²) >= 11 is 2.81. The monoisotopic (exact) mass is 626 g/mol. The van der Waals surface area contributed by atoms with Crippen molar-refractivity contribution < 1.29 is 33.5 Å². The van der Waals surface area contributed by atoms with E-state index in [4.69, 9.17) is 14.2 Å². The van der Waals surface area contributed by atoms with E-state index >= 15 is 0 Å². The van der Waals surface area contributed by atoms with Gasteiger partial charge in [0, 0.05) is 12.1 Å². The zero-order chi connectivity index (χ0) is 26.4. The van der Waals surface area contributed by atoms with Crippen LogP contribution in [0.15, 0.2) is 41.3 Å². The highest BCUT2D eigenvalue weighted by molar-refractivity contribution is 14.1. The molecule has 1 heterocycles. The fourth-order valence-corrected chi connectivity index (χ4v) is 5.01. The van der Waals surface area contributed by atoms with Gasteiger partial charge in [0.2, 0.25) is 0 Å². The molecular weight excluding hydrogens is 603 g/mol. The molecule has 0 saturated carbocycles. The Morgan fingerprint density at radius 1 is 1.19 bits per heavy atom. The standard InChI is InChI=1S/C24H23IN2O8S/c1-4-33-19-11-16(12-20-22(28)26(24(30)36-20)14(3)23(29)34-5-2)10-18(25)21(19)35-13-15-7-6-8-17(9-15)27(31)32/h6-12,14H,4-5,13H2,1-3H3/b20-12+/t14-/m1/s1. The summed E-state index contributed by atoms with van der Waals surface area (Å²) < 4.78 is 17.3. The van der Waals surface area contributed by atoms with Crippen LogP contribution in [-0.2, 0) is 20.9 Å². The number of rotatable bonds is 10. The quantitative estimate of drug-likeness (QED) is 0.116. The first-order valence-corrected chi connectivity index (χ1v) is 12.8. The molecule has 0 N–H and O–H groups in total. The minimum absolute atomic E-state index is 0.0302. The van der Waals surface area contributed by atoms with Crippen LogP contribution in [0.1, 0.15) is 31.9 Å². The Labute approximate surface area is 225 Å². The lowest BCUT2D eigenvalue weighted by molar-refractivity contribution is -0.384. The van der Waals surface area contributed by atoms with Crippen molar-refractivity contribution >= 4 is 63.2 Å². The first-order chi connectivity index (χ1) is 17.2. The molecule has 2 aromatic rings. The maximum Gasteiger partial charge on any atom is 0.329 e. The summed E-state index contributed by atoms with van der Waals surface area (Å²) in [5.41, 5.74) is 1.19. The van der Waals surface area contributed by atoms with Gasteiger partial charge in [-0.2, -0.15) is 0 Å². The number of imide groups is 1. The maximum atomic E-state index is 12.9. The molecule has 0 unspecified atom stereocenters. The van der Waals surface area contributed by atoms with E-state index in [1.807, 2.05) is 6.92 Å². The van der Waals surface area contributed by atoms with Crippen molar-refractivity contribution in [3.63, 3.8) is 0 Å². The molecule has 10 nitrogen and oxygen atoms in total. The highest BCUT2D eigenvalue weighted by atomic mass is 127. The molecule has 1 saturated heterocycles. The smallest absolute Gasteiger partial charge is 0.329 e. The van der Waals surface area contributed by atoms with Gasteiger partial charge in [-0.15, -0.1) is 0 Å². The van der Waals surface area contributed by atoms with Gasteiger partial charge >= 0.3 is 5.97 Å². The van der Waals surface area contributed by atoms with E-state index in [-0.39, 0.29) is 23.8 Å². The van der Waals surface area contributed by atoms with Crippen LogP contribution in [0.2, 0.25) is 0 Å². The van der Waals surface area contributed by atoms with E-state index in [0.29, 0.717) is 32.8 Å². The summed E-state index contributed by atoms with van der Waals surface area (Å²) in [4.78, 5) is 49.0. The second-order valence-electron chi connectivity index (χ2n) is 7.46. The summed E-state index contributed by atoms with van der Waals surface area (Å²) in [5, 5.41) is 10.5. The molecule has 36 heavy (non-hydrogen) atoms. The van der Waals surface area contributed by atoms with Crippen LogP contribution >= 0.6 is 34.4 Å². The van der Waals surface area contributed by atoms with Crippen LogP contribution in [0.4, 0.5) is 10.5 Å². The van der Waals surface area contributed by atoms with E-state index in [0.717, 1.165) is 16.7 Å². The number of carbonyl (C=O) groups is 3. The average Bonchev–Trinajstić information content (AvgIpc) is 3.11. The Balaban J connectivity index is 1.85. The molecule has 1 fully saturated rings. The van der Waals surface area contributed by atoms with Crippen LogP contribution in [0.5, 0.6) is 11.5 Å². The van der Waals surface area contributed by atoms with Gasteiger partial charge in [0.15, 0.2) is 11.5 Å². The highest BCUT2D eigenvalue weighted by Gasteiger charge is 2.41. The third-order valence-electron chi connectivity index (χ3n) is 4.97. The number of benzene rings is 2. The SMILES string of the molecule is CCOC(=O)[C@@H](C)N1C(=O)S/C(=C/c2cc(I)c(OCc3cccc([N+](=O)[O-])c3)c(OCC)c2)C1=O. The number of halogens is 1. The van der Waals surface area contributed by atoms with Crippen molar-refractivity contribution in [2.45, 2.75) is 33.4 Å². The second-order valence-corrected chi connectivity index (χ2v) is 9.61. The number of nitro benzene ring substituents is 1. The number of nitro groups is 1. The molecule has 1 atom stereocenters. The third kappa shape index (κ3) is 6.35. The molecule has 3 rings (SSSR count). The van der Waals surface area contributed by atoms with Crippen molar-refractivity contribution in [1.82, 2.24) is 4.90 Å². The van der Waals surface area contributed by atoms with Crippen LogP contribution in [0.3, 0.4) is 0 Å². The summed E-state index contributed by atoms with van der Waals surface area (Å²) in [6.07, 6.45) is 1.55. The lowest BCUT2D eigenvalue weighted by Crippen LogP contribution is -2.42. The minimum atomic E-state index is -1.04. The van der Waals surface area contributed by atoms with E-state index in [1.54, 1.807) is 37.3 Å². The molecule has 1 aliphatic rings. The van der Waals surface area contributed by atoms with E-state index in [9.17, 15) is 24.5 Å². The van der Waals surface area contributed by atoms with E-state index in [2.05, 4.69) is 22.6 Å². The summed E-state index contributed by atoms with van der Waals surface area (Å²) in [6, 6.07) is 8.56. The van der Waals surface area contributed by atoms with Crippen LogP contribution in [0, 0.1) is 13.7 Å².